The van der Waals surface area contributed by atoms with Crippen LogP contribution < -0.4 is 0 Å². The summed E-state index contributed by atoms with van der Waals surface area (Å²) in [7, 11) is 0. The molecule has 94 valence electrons. The van der Waals surface area contributed by atoms with Gasteiger partial charge in [0, 0.05) is 32.7 Å². The van der Waals surface area contributed by atoms with Gasteiger partial charge in [0.25, 0.3) is 0 Å². The first kappa shape index (κ1) is 12.8. The van der Waals surface area contributed by atoms with E-state index in [9.17, 15) is 0 Å². The Morgan fingerprint density at radius 1 is 1.06 bits per heavy atom. The third-order valence-corrected chi connectivity index (χ3v) is 3.23. The summed E-state index contributed by atoms with van der Waals surface area (Å²) in [5.41, 5.74) is 1.25. The quantitative estimate of drug-likeness (QED) is 0.754. The summed E-state index contributed by atoms with van der Waals surface area (Å²) in [6, 6.07) is 12.6. The topological polar surface area (TPSA) is 30.3 Å². The molecule has 0 radical (unpaired) electrons. The zero-order valence-corrected chi connectivity index (χ0v) is 10.6. The van der Waals surface area contributed by atoms with Crippen molar-refractivity contribution in [1.29, 1.82) is 5.26 Å². The Labute approximate surface area is 109 Å². The van der Waals surface area contributed by atoms with Crippen LogP contribution in [0, 0.1) is 11.3 Å². The molecule has 3 nitrogen and oxygen atoms in total. The zero-order valence-electron chi connectivity index (χ0n) is 10.6. The lowest BCUT2D eigenvalue weighted by Gasteiger charge is -2.32. The highest BCUT2D eigenvalue weighted by Crippen LogP contribution is 2.04. The molecular formula is C15H19N3. The fraction of sp³-hybridized carbons (Fsp3) is 0.400. The van der Waals surface area contributed by atoms with Gasteiger partial charge in [-0.25, -0.2) is 0 Å². The number of nitriles is 1. The number of piperazine rings is 1. The van der Waals surface area contributed by atoms with Gasteiger partial charge in [-0.3, -0.25) is 9.80 Å². The molecule has 0 amide bonds. The van der Waals surface area contributed by atoms with Gasteiger partial charge in [-0.2, -0.15) is 5.26 Å². The van der Waals surface area contributed by atoms with Gasteiger partial charge in [0.1, 0.15) is 0 Å². The third-order valence-electron chi connectivity index (χ3n) is 3.23. The van der Waals surface area contributed by atoms with Crippen LogP contribution >= 0.6 is 0 Å². The summed E-state index contributed by atoms with van der Waals surface area (Å²) in [6.45, 7) is 5.68. The van der Waals surface area contributed by atoms with Crippen molar-refractivity contribution >= 4 is 6.08 Å². The lowest BCUT2D eigenvalue weighted by molar-refractivity contribution is 0.155. The van der Waals surface area contributed by atoms with Crippen LogP contribution in [0.25, 0.3) is 6.08 Å². The molecule has 1 aliphatic rings. The number of hydrogen-bond acceptors (Lipinski definition) is 3. The molecule has 1 aliphatic heterocycles. The molecule has 2 rings (SSSR count). The maximum atomic E-state index is 8.64. The fourth-order valence-corrected chi connectivity index (χ4v) is 2.13. The van der Waals surface area contributed by atoms with E-state index >= 15 is 0 Å². The van der Waals surface area contributed by atoms with Crippen LogP contribution in [0.15, 0.2) is 36.4 Å². The molecule has 0 unspecified atom stereocenters. The maximum absolute atomic E-state index is 8.64. The average Bonchev–Trinajstić information content (AvgIpc) is 2.42. The fourth-order valence-electron chi connectivity index (χ4n) is 2.13. The van der Waals surface area contributed by atoms with Crippen molar-refractivity contribution < 1.29 is 0 Å². The van der Waals surface area contributed by atoms with Gasteiger partial charge in [-0.1, -0.05) is 42.5 Å². The summed E-state index contributed by atoms with van der Waals surface area (Å²) in [5.74, 6) is 0. The second-order valence-electron chi connectivity index (χ2n) is 4.55. The number of nitrogens with zero attached hydrogens (tertiary/aromatic N) is 3. The maximum Gasteiger partial charge on any atom is 0.0866 e. The van der Waals surface area contributed by atoms with Crippen LogP contribution in [0.3, 0.4) is 0 Å². The van der Waals surface area contributed by atoms with Gasteiger partial charge in [-0.05, 0) is 5.56 Å². The predicted molar refractivity (Wildman–Crippen MR) is 74.0 cm³/mol. The molecule has 1 heterocycles. The van der Waals surface area contributed by atoms with Crippen LogP contribution in [0.1, 0.15) is 5.56 Å². The molecule has 0 aromatic heterocycles. The number of hydrogen-bond donors (Lipinski definition) is 0. The van der Waals surface area contributed by atoms with Crippen molar-refractivity contribution in [3.8, 4) is 6.07 Å². The Morgan fingerprint density at radius 3 is 2.39 bits per heavy atom. The highest BCUT2D eigenvalue weighted by atomic mass is 15.3. The van der Waals surface area contributed by atoms with Crippen LogP contribution in [-0.2, 0) is 0 Å². The average molecular weight is 241 g/mol. The molecule has 1 saturated heterocycles. The largest absolute Gasteiger partial charge is 0.297 e. The van der Waals surface area contributed by atoms with Crippen LogP contribution in [0.5, 0.6) is 0 Å². The molecule has 1 aromatic rings. The normalized spacial score (nSPS) is 17.9. The molecular weight excluding hydrogens is 222 g/mol. The molecule has 18 heavy (non-hydrogen) atoms. The molecule has 0 saturated carbocycles. The van der Waals surface area contributed by atoms with E-state index in [0.29, 0.717) is 6.54 Å². The second-order valence-corrected chi connectivity index (χ2v) is 4.55. The first-order chi connectivity index (χ1) is 8.88. The van der Waals surface area contributed by atoms with E-state index in [-0.39, 0.29) is 0 Å². The highest BCUT2D eigenvalue weighted by Gasteiger charge is 2.14. The lowest BCUT2D eigenvalue weighted by atomic mass is 10.2. The Kier molecular flexibility index (Phi) is 4.95. The van der Waals surface area contributed by atoms with Crippen molar-refractivity contribution in [3.05, 3.63) is 42.0 Å². The van der Waals surface area contributed by atoms with Crippen molar-refractivity contribution in [2.45, 2.75) is 0 Å². The van der Waals surface area contributed by atoms with Gasteiger partial charge in [0.15, 0.2) is 0 Å². The van der Waals surface area contributed by atoms with Crippen molar-refractivity contribution in [1.82, 2.24) is 9.80 Å². The molecule has 0 N–H and O–H groups in total. The van der Waals surface area contributed by atoms with E-state index in [4.69, 9.17) is 5.26 Å². The zero-order chi connectivity index (χ0) is 12.6. The van der Waals surface area contributed by atoms with Gasteiger partial charge in [-0.15, -0.1) is 0 Å². The summed E-state index contributed by atoms with van der Waals surface area (Å²) in [4.78, 5) is 4.63. The van der Waals surface area contributed by atoms with Gasteiger partial charge >= 0.3 is 0 Å². The Morgan fingerprint density at radius 2 is 1.72 bits per heavy atom. The Hall–Kier alpha value is -1.63. The molecule has 0 bridgehead atoms. The van der Waals surface area contributed by atoms with E-state index in [2.05, 4.69) is 52.3 Å². The first-order valence-corrected chi connectivity index (χ1v) is 6.42. The standard InChI is InChI=1S/C15H19N3/c16-8-10-18-13-11-17(12-14-18)9-4-7-15-5-2-1-3-6-15/h1-7H,9-14H2/b7-4+. The molecule has 0 spiro atoms. The predicted octanol–water partition coefficient (Wildman–Crippen LogP) is 1.84. The Balaban J connectivity index is 1.73. The minimum atomic E-state index is 0.563. The van der Waals surface area contributed by atoms with E-state index in [0.717, 1.165) is 32.7 Å². The van der Waals surface area contributed by atoms with Crippen LogP contribution in [-0.4, -0.2) is 49.1 Å². The first-order valence-electron chi connectivity index (χ1n) is 6.42. The molecule has 1 fully saturated rings. The number of benzene rings is 1. The smallest absolute Gasteiger partial charge is 0.0866 e. The van der Waals surface area contributed by atoms with E-state index in [1.807, 2.05) is 6.07 Å². The van der Waals surface area contributed by atoms with E-state index < -0.39 is 0 Å². The molecule has 0 atom stereocenters. The molecule has 1 aromatic carbocycles. The molecule has 3 heteroatoms. The van der Waals surface area contributed by atoms with Crippen molar-refractivity contribution in [2.75, 3.05) is 39.3 Å². The van der Waals surface area contributed by atoms with Gasteiger partial charge in [0.2, 0.25) is 0 Å². The summed E-state index contributed by atoms with van der Waals surface area (Å²) in [5, 5.41) is 8.64. The Bertz CT molecular complexity index is 411. The molecule has 0 aliphatic carbocycles. The lowest BCUT2D eigenvalue weighted by Crippen LogP contribution is -2.46. The minimum absolute atomic E-state index is 0.563. The summed E-state index contributed by atoms with van der Waals surface area (Å²) < 4.78 is 0. The minimum Gasteiger partial charge on any atom is -0.297 e. The summed E-state index contributed by atoms with van der Waals surface area (Å²) in [6.07, 6.45) is 4.39. The second kappa shape index (κ2) is 6.95. The van der Waals surface area contributed by atoms with Crippen LogP contribution in [0.4, 0.5) is 0 Å². The van der Waals surface area contributed by atoms with Gasteiger partial charge in [0.05, 0.1) is 12.6 Å². The SMILES string of the molecule is N#CCN1CCN(C/C=C/c2ccccc2)CC1. The monoisotopic (exact) mass is 241 g/mol. The summed E-state index contributed by atoms with van der Waals surface area (Å²) >= 11 is 0. The van der Waals surface area contributed by atoms with Crippen LogP contribution in [0.2, 0.25) is 0 Å². The van der Waals surface area contributed by atoms with Crippen molar-refractivity contribution in [2.24, 2.45) is 0 Å². The van der Waals surface area contributed by atoms with Gasteiger partial charge < -0.3 is 0 Å². The third kappa shape index (κ3) is 3.99. The van der Waals surface area contributed by atoms with E-state index in [1.165, 1.54) is 5.56 Å². The van der Waals surface area contributed by atoms with E-state index in [1.54, 1.807) is 0 Å². The van der Waals surface area contributed by atoms with Crippen molar-refractivity contribution in [3.63, 3.8) is 0 Å². The number of rotatable bonds is 4. The highest BCUT2D eigenvalue weighted by molar-refractivity contribution is 5.48.